The van der Waals surface area contributed by atoms with Gasteiger partial charge in [-0.05, 0) is 59.5 Å². The Morgan fingerprint density at radius 1 is 1.00 bits per heavy atom. The van der Waals surface area contributed by atoms with Crippen molar-refractivity contribution < 1.29 is 14.3 Å². The van der Waals surface area contributed by atoms with Gasteiger partial charge in [-0.1, -0.05) is 24.3 Å². The number of nitrogens with one attached hydrogen (secondary N) is 1. The molecule has 160 valence electrons. The van der Waals surface area contributed by atoms with Crippen LogP contribution in [0.3, 0.4) is 0 Å². The molecule has 0 fully saturated rings. The number of aromatic nitrogens is 1. The lowest BCUT2D eigenvalue weighted by molar-refractivity contribution is 0.0600. The summed E-state index contributed by atoms with van der Waals surface area (Å²) in [6, 6.07) is 22.6. The summed E-state index contributed by atoms with van der Waals surface area (Å²) in [6.07, 6.45) is 2.04. The minimum atomic E-state index is -0.412. The molecule has 0 spiro atoms. The van der Waals surface area contributed by atoms with E-state index in [0.717, 1.165) is 21.8 Å². The van der Waals surface area contributed by atoms with Crippen LogP contribution < -0.4 is 5.32 Å². The van der Waals surface area contributed by atoms with Gasteiger partial charge in [0.15, 0.2) is 0 Å². The van der Waals surface area contributed by atoms with Crippen LogP contribution in [0.5, 0.6) is 0 Å². The van der Waals surface area contributed by atoms with Crippen LogP contribution in [0, 0.1) is 0 Å². The van der Waals surface area contributed by atoms with E-state index in [4.69, 9.17) is 4.74 Å². The van der Waals surface area contributed by atoms with Crippen molar-refractivity contribution >= 4 is 29.0 Å². The Kier molecular flexibility index (Phi) is 5.25. The summed E-state index contributed by atoms with van der Waals surface area (Å²) in [5.41, 5.74) is 4.23. The highest BCUT2D eigenvalue weighted by Gasteiger charge is 2.33. The normalized spacial score (nSPS) is 14.8. The molecule has 5 rings (SSSR count). The number of hydrogen-bond acceptors (Lipinski definition) is 4. The lowest BCUT2D eigenvalue weighted by Gasteiger charge is -2.30. The number of thiophene rings is 1. The zero-order valence-electron chi connectivity index (χ0n) is 17.4. The quantitative estimate of drug-likeness (QED) is 0.428. The van der Waals surface area contributed by atoms with Crippen LogP contribution in [0.4, 0.5) is 10.5 Å². The van der Waals surface area contributed by atoms with Crippen molar-refractivity contribution in [2.75, 3.05) is 12.4 Å². The molecule has 0 saturated heterocycles. The smallest absolute Gasteiger partial charge is 0.337 e. The number of rotatable bonds is 3. The van der Waals surface area contributed by atoms with Gasteiger partial charge in [-0.15, -0.1) is 11.3 Å². The number of methoxy groups -OCH3 is 1. The van der Waals surface area contributed by atoms with E-state index < -0.39 is 5.97 Å². The second-order valence-corrected chi connectivity index (χ2v) is 8.46. The molecular formula is C25H21N3O3S. The van der Waals surface area contributed by atoms with Crippen LogP contribution in [0.25, 0.3) is 5.69 Å². The molecule has 1 atom stereocenters. The van der Waals surface area contributed by atoms with Crippen molar-refractivity contribution in [1.82, 2.24) is 9.47 Å². The number of para-hydroxylation sites is 1. The van der Waals surface area contributed by atoms with Crippen LogP contribution in [0.15, 0.2) is 84.4 Å². The molecule has 2 aromatic heterocycles. The molecule has 7 heteroatoms. The van der Waals surface area contributed by atoms with E-state index in [1.54, 1.807) is 35.6 Å². The molecule has 32 heavy (non-hydrogen) atoms. The zero-order chi connectivity index (χ0) is 22.1. The van der Waals surface area contributed by atoms with Gasteiger partial charge in [-0.3, -0.25) is 0 Å². The number of fused-ring (bicyclic) bond motifs is 3. The number of nitrogens with zero attached hydrogens (tertiary/aromatic N) is 2. The fourth-order valence-electron chi connectivity index (χ4n) is 4.09. The Hall–Kier alpha value is -3.84. The van der Waals surface area contributed by atoms with E-state index in [0.29, 0.717) is 17.8 Å². The highest BCUT2D eigenvalue weighted by molar-refractivity contribution is 7.10. The molecule has 0 radical (unpaired) electrons. The highest BCUT2D eigenvalue weighted by Crippen LogP contribution is 2.38. The molecule has 0 bridgehead atoms. The minimum absolute atomic E-state index is 0.210. The molecule has 1 N–H and O–H groups in total. The first-order chi connectivity index (χ1) is 15.7. The van der Waals surface area contributed by atoms with E-state index >= 15 is 0 Å². The summed E-state index contributed by atoms with van der Waals surface area (Å²) in [6.45, 7) is 0.465. The van der Waals surface area contributed by atoms with Gasteiger partial charge in [0, 0.05) is 16.8 Å². The molecule has 1 aliphatic rings. The van der Waals surface area contributed by atoms with E-state index in [1.165, 1.54) is 7.11 Å². The lowest BCUT2D eigenvalue weighted by atomic mass is 10.1. The van der Waals surface area contributed by atoms with E-state index in [2.05, 4.69) is 34.1 Å². The number of benzene rings is 2. The summed E-state index contributed by atoms with van der Waals surface area (Å²) < 4.78 is 6.91. The molecule has 4 aromatic rings. The molecule has 0 aliphatic carbocycles. The Bertz CT molecular complexity index is 1260. The summed E-state index contributed by atoms with van der Waals surface area (Å²) in [5.74, 6) is -0.412. The monoisotopic (exact) mass is 443 g/mol. The number of hydrogen-bond donors (Lipinski definition) is 1. The van der Waals surface area contributed by atoms with Crippen LogP contribution in [0.2, 0.25) is 0 Å². The third kappa shape index (κ3) is 3.56. The highest BCUT2D eigenvalue weighted by atomic mass is 32.1. The molecule has 2 amide bonds. The number of esters is 1. The molecule has 0 saturated carbocycles. The van der Waals surface area contributed by atoms with Crippen molar-refractivity contribution in [3.63, 3.8) is 0 Å². The van der Waals surface area contributed by atoms with Crippen LogP contribution in [0.1, 0.15) is 32.5 Å². The number of ether oxygens (including phenoxy) is 1. The van der Waals surface area contributed by atoms with Crippen LogP contribution in [-0.2, 0) is 11.3 Å². The number of amides is 2. The summed E-state index contributed by atoms with van der Waals surface area (Å²) in [7, 11) is 1.34. The lowest BCUT2D eigenvalue weighted by Crippen LogP contribution is -2.37. The Morgan fingerprint density at radius 3 is 2.56 bits per heavy atom. The van der Waals surface area contributed by atoms with Gasteiger partial charge in [-0.2, -0.15) is 0 Å². The van der Waals surface area contributed by atoms with Crippen molar-refractivity contribution in [2.24, 2.45) is 0 Å². The summed E-state index contributed by atoms with van der Waals surface area (Å²) >= 11 is 1.63. The molecule has 2 aromatic carbocycles. The second kappa shape index (κ2) is 8.36. The second-order valence-electron chi connectivity index (χ2n) is 7.48. The number of urea groups is 1. The predicted molar refractivity (Wildman–Crippen MR) is 124 cm³/mol. The van der Waals surface area contributed by atoms with Crippen molar-refractivity contribution in [1.29, 1.82) is 0 Å². The molecule has 1 aliphatic heterocycles. The Labute approximate surface area is 189 Å². The van der Waals surface area contributed by atoms with Gasteiger partial charge in [-0.25, -0.2) is 9.59 Å². The van der Waals surface area contributed by atoms with Gasteiger partial charge in [0.1, 0.15) is 6.04 Å². The molecular weight excluding hydrogens is 422 g/mol. The van der Waals surface area contributed by atoms with Gasteiger partial charge in [0.25, 0.3) is 0 Å². The summed E-state index contributed by atoms with van der Waals surface area (Å²) in [5, 5.41) is 5.03. The molecule has 1 unspecified atom stereocenters. The SMILES string of the molecule is COC(=O)c1ccc(NC(=O)N2Cc3ccccc3-n3cccc3C2c2cccs2)cc1. The predicted octanol–water partition coefficient (Wildman–Crippen LogP) is 5.46. The Morgan fingerprint density at radius 2 is 1.81 bits per heavy atom. The van der Waals surface area contributed by atoms with Gasteiger partial charge in [0.2, 0.25) is 0 Å². The average molecular weight is 444 g/mol. The zero-order valence-corrected chi connectivity index (χ0v) is 18.2. The number of carbonyl (C=O) groups is 2. The largest absolute Gasteiger partial charge is 0.465 e. The maximum Gasteiger partial charge on any atom is 0.337 e. The fourth-order valence-corrected chi connectivity index (χ4v) is 4.94. The maximum atomic E-state index is 13.6. The number of anilines is 1. The van der Waals surface area contributed by atoms with Crippen LogP contribution >= 0.6 is 11.3 Å². The van der Waals surface area contributed by atoms with Crippen molar-refractivity contribution in [2.45, 2.75) is 12.6 Å². The fraction of sp³-hybridized carbons (Fsp3) is 0.120. The average Bonchev–Trinajstić information content (AvgIpc) is 3.50. The standard InChI is InChI=1S/C25H21N3O3S/c1-31-24(29)17-10-12-19(13-11-17)26-25(30)28-16-18-6-2-3-7-20(18)27-14-4-8-21(27)23(28)22-9-5-15-32-22/h2-15,23H,16H2,1H3,(H,26,30). The first-order valence-corrected chi connectivity index (χ1v) is 11.1. The van der Waals surface area contributed by atoms with Gasteiger partial charge < -0.3 is 19.5 Å². The summed E-state index contributed by atoms with van der Waals surface area (Å²) in [4.78, 5) is 28.2. The topological polar surface area (TPSA) is 63.6 Å². The van der Waals surface area contributed by atoms with Crippen molar-refractivity contribution in [3.8, 4) is 5.69 Å². The molecule has 3 heterocycles. The molecule has 6 nitrogen and oxygen atoms in total. The third-order valence-corrected chi connectivity index (χ3v) is 6.52. The first kappa shape index (κ1) is 20.1. The van der Waals surface area contributed by atoms with E-state index in [9.17, 15) is 9.59 Å². The van der Waals surface area contributed by atoms with Gasteiger partial charge >= 0.3 is 12.0 Å². The first-order valence-electron chi connectivity index (χ1n) is 10.2. The minimum Gasteiger partial charge on any atom is -0.465 e. The van der Waals surface area contributed by atoms with E-state index in [-0.39, 0.29) is 12.1 Å². The maximum absolute atomic E-state index is 13.6. The van der Waals surface area contributed by atoms with Crippen molar-refractivity contribution in [3.05, 3.63) is 106 Å². The van der Waals surface area contributed by atoms with Gasteiger partial charge in [0.05, 0.1) is 30.6 Å². The van der Waals surface area contributed by atoms with Crippen LogP contribution in [-0.4, -0.2) is 28.6 Å². The Balaban J connectivity index is 1.52. The number of carbonyl (C=O) groups excluding carboxylic acids is 2. The van der Waals surface area contributed by atoms with E-state index in [1.807, 2.05) is 40.7 Å². The third-order valence-electron chi connectivity index (χ3n) is 5.59.